The molecule has 0 saturated heterocycles. The van der Waals surface area contributed by atoms with E-state index in [0.717, 1.165) is 17.7 Å². The van der Waals surface area contributed by atoms with Gasteiger partial charge in [-0.05, 0) is 56.5 Å². The first kappa shape index (κ1) is 27.5. The first-order chi connectivity index (χ1) is 17.8. The smallest absolute Gasteiger partial charge is 0.333 e. The largest absolute Gasteiger partial charge is 0.461 e. The topological polar surface area (TPSA) is 93.7 Å². The molecule has 0 radical (unpaired) electrons. The summed E-state index contributed by atoms with van der Waals surface area (Å²) in [5, 5.41) is 5.99. The van der Waals surface area contributed by atoms with Gasteiger partial charge in [-0.15, -0.1) is 0 Å². The number of ether oxygens (including phenoxy) is 2. The summed E-state index contributed by atoms with van der Waals surface area (Å²) >= 11 is 0. The lowest BCUT2D eigenvalue weighted by Crippen LogP contribution is -2.51. The number of para-hydroxylation sites is 1. The van der Waals surface area contributed by atoms with Crippen LogP contribution in [0.5, 0.6) is 0 Å². The van der Waals surface area contributed by atoms with Gasteiger partial charge in [0.25, 0.3) is 5.91 Å². The Balaban J connectivity index is 1.85. The highest BCUT2D eigenvalue weighted by Crippen LogP contribution is 2.25. The summed E-state index contributed by atoms with van der Waals surface area (Å²) in [6.07, 6.45) is -0.623. The number of amides is 1. The molecule has 7 nitrogen and oxygen atoms in total. The fourth-order valence-electron chi connectivity index (χ4n) is 3.86. The number of anilines is 1. The van der Waals surface area contributed by atoms with Crippen LogP contribution in [0.1, 0.15) is 55.2 Å². The minimum Gasteiger partial charge on any atom is -0.461 e. The summed E-state index contributed by atoms with van der Waals surface area (Å²) < 4.78 is 11.2. The van der Waals surface area contributed by atoms with Crippen LogP contribution < -0.4 is 10.6 Å². The Morgan fingerprint density at radius 3 is 1.97 bits per heavy atom. The lowest BCUT2D eigenvalue weighted by molar-refractivity contribution is -0.159. The zero-order valence-corrected chi connectivity index (χ0v) is 21.6. The zero-order chi connectivity index (χ0) is 26.8. The van der Waals surface area contributed by atoms with Gasteiger partial charge in [0.05, 0.1) is 6.10 Å². The molecule has 0 aliphatic carbocycles. The number of benzene rings is 3. The predicted octanol–water partition coefficient (Wildman–Crippen LogP) is 5.08. The molecule has 0 bridgehead atoms. The molecule has 2 N–H and O–H groups in total. The Morgan fingerprint density at radius 2 is 1.35 bits per heavy atom. The van der Waals surface area contributed by atoms with E-state index >= 15 is 0 Å². The summed E-state index contributed by atoms with van der Waals surface area (Å²) in [5.41, 5.74) is 2.96. The van der Waals surface area contributed by atoms with Gasteiger partial charge < -0.3 is 20.1 Å². The summed E-state index contributed by atoms with van der Waals surface area (Å²) in [7, 11) is 0. The first-order valence-corrected chi connectivity index (χ1v) is 12.5. The third-order valence-corrected chi connectivity index (χ3v) is 5.77. The highest BCUT2D eigenvalue weighted by atomic mass is 16.6. The van der Waals surface area contributed by atoms with Gasteiger partial charge in [-0.3, -0.25) is 4.79 Å². The van der Waals surface area contributed by atoms with Crippen LogP contribution in [0.25, 0.3) is 0 Å². The number of esters is 2. The minimum atomic E-state index is -1.20. The molecule has 0 aromatic heterocycles. The molecule has 0 saturated carbocycles. The second kappa shape index (κ2) is 13.3. The zero-order valence-electron chi connectivity index (χ0n) is 21.6. The predicted molar refractivity (Wildman–Crippen MR) is 143 cm³/mol. The molecule has 37 heavy (non-hydrogen) atoms. The number of hydrogen-bond donors (Lipinski definition) is 2. The van der Waals surface area contributed by atoms with Crippen LogP contribution in [0, 0.1) is 0 Å². The van der Waals surface area contributed by atoms with Gasteiger partial charge >= 0.3 is 11.9 Å². The van der Waals surface area contributed by atoms with E-state index in [-0.39, 0.29) is 0 Å². The molecular formula is C30H34N2O5. The number of carbonyl (C=O) groups is 3. The Hall–Kier alpha value is -4.13. The van der Waals surface area contributed by atoms with Crippen molar-refractivity contribution >= 4 is 23.5 Å². The Kier molecular flexibility index (Phi) is 9.84. The molecule has 3 aromatic carbocycles. The molecule has 0 unspecified atom stereocenters. The molecule has 194 valence electrons. The van der Waals surface area contributed by atoms with Crippen LogP contribution >= 0.6 is 0 Å². The van der Waals surface area contributed by atoms with Gasteiger partial charge in [0.15, 0.2) is 12.1 Å². The maximum absolute atomic E-state index is 13.5. The second-order valence-corrected chi connectivity index (χ2v) is 8.94. The van der Waals surface area contributed by atoms with Crippen LogP contribution in [0.3, 0.4) is 0 Å². The van der Waals surface area contributed by atoms with Gasteiger partial charge in [0.1, 0.15) is 6.10 Å². The van der Waals surface area contributed by atoms with E-state index in [0.29, 0.717) is 11.1 Å². The Labute approximate surface area is 218 Å². The number of aryl methyl sites for hydroxylation is 1. The van der Waals surface area contributed by atoms with Crippen molar-refractivity contribution in [3.05, 3.63) is 102 Å². The average Bonchev–Trinajstić information content (AvgIpc) is 2.90. The quantitative estimate of drug-likeness (QED) is 0.355. The highest BCUT2D eigenvalue weighted by Gasteiger charge is 2.34. The van der Waals surface area contributed by atoms with Gasteiger partial charge in [-0.25, -0.2) is 9.59 Å². The van der Waals surface area contributed by atoms with Crippen molar-refractivity contribution < 1.29 is 23.9 Å². The van der Waals surface area contributed by atoms with Crippen molar-refractivity contribution in [2.75, 3.05) is 5.32 Å². The normalized spacial score (nSPS) is 13.2. The van der Waals surface area contributed by atoms with Crippen molar-refractivity contribution in [3.8, 4) is 0 Å². The summed E-state index contributed by atoms with van der Waals surface area (Å²) in [6.45, 7) is 7.03. The SMILES string of the molecule is CCc1ccccc1N[C@H](C(=O)O[C@H](C)[C@H](NC(=O)c1ccccc1)C(=O)OC(C)C)c1ccccc1. The second-order valence-electron chi connectivity index (χ2n) is 8.94. The van der Waals surface area contributed by atoms with Gasteiger partial charge in [-0.2, -0.15) is 0 Å². The molecule has 0 aliphatic heterocycles. The van der Waals surface area contributed by atoms with Crippen molar-refractivity contribution in [1.29, 1.82) is 0 Å². The third-order valence-electron chi connectivity index (χ3n) is 5.77. The summed E-state index contributed by atoms with van der Waals surface area (Å²) in [4.78, 5) is 39.3. The molecule has 3 atom stereocenters. The van der Waals surface area contributed by atoms with Crippen LogP contribution in [-0.2, 0) is 25.5 Å². The van der Waals surface area contributed by atoms with E-state index in [1.165, 1.54) is 0 Å². The van der Waals surface area contributed by atoms with Gasteiger partial charge in [-0.1, -0.05) is 73.7 Å². The maximum Gasteiger partial charge on any atom is 0.333 e. The molecule has 0 aliphatic rings. The first-order valence-electron chi connectivity index (χ1n) is 12.5. The molecule has 3 rings (SSSR count). The standard InChI is InChI=1S/C30H34N2O5/c1-5-22-14-12-13-19-25(22)31-27(23-15-8-6-9-16-23)30(35)37-21(4)26(29(34)36-20(2)3)32-28(33)24-17-10-7-11-18-24/h6-21,26-27,31H,5H2,1-4H3,(H,32,33)/t21-,26+,27+/m1/s1. The lowest BCUT2D eigenvalue weighted by Gasteiger charge is -2.27. The van der Waals surface area contributed by atoms with E-state index in [4.69, 9.17) is 9.47 Å². The monoisotopic (exact) mass is 502 g/mol. The van der Waals surface area contributed by atoms with E-state index in [9.17, 15) is 14.4 Å². The number of nitrogens with one attached hydrogen (secondary N) is 2. The molecule has 3 aromatic rings. The molecular weight excluding hydrogens is 468 g/mol. The Morgan fingerprint density at radius 1 is 0.757 bits per heavy atom. The van der Waals surface area contributed by atoms with E-state index in [2.05, 4.69) is 10.6 Å². The van der Waals surface area contributed by atoms with Crippen molar-refractivity contribution in [3.63, 3.8) is 0 Å². The summed E-state index contributed by atoms with van der Waals surface area (Å²) in [5.74, 6) is -1.73. The molecule has 0 fully saturated rings. The van der Waals surface area contributed by atoms with Crippen molar-refractivity contribution in [2.45, 2.75) is 58.4 Å². The van der Waals surface area contributed by atoms with Crippen LogP contribution in [0.2, 0.25) is 0 Å². The summed E-state index contributed by atoms with van der Waals surface area (Å²) in [6, 6.07) is 23.5. The number of carbonyl (C=O) groups excluding carboxylic acids is 3. The lowest BCUT2D eigenvalue weighted by atomic mass is 10.0. The Bertz CT molecular complexity index is 1180. The van der Waals surface area contributed by atoms with E-state index in [1.54, 1.807) is 51.1 Å². The van der Waals surface area contributed by atoms with Crippen molar-refractivity contribution in [2.24, 2.45) is 0 Å². The number of rotatable bonds is 11. The van der Waals surface area contributed by atoms with Crippen LogP contribution in [0.4, 0.5) is 5.69 Å². The minimum absolute atomic E-state index is 0.378. The number of hydrogen-bond acceptors (Lipinski definition) is 6. The molecule has 0 spiro atoms. The fraction of sp³-hybridized carbons (Fsp3) is 0.300. The molecule has 1 amide bonds. The van der Waals surface area contributed by atoms with Crippen molar-refractivity contribution in [1.82, 2.24) is 5.32 Å². The van der Waals surface area contributed by atoms with E-state index < -0.39 is 42.1 Å². The van der Waals surface area contributed by atoms with Crippen LogP contribution in [0.15, 0.2) is 84.9 Å². The van der Waals surface area contributed by atoms with Gasteiger partial charge in [0, 0.05) is 11.3 Å². The average molecular weight is 503 g/mol. The van der Waals surface area contributed by atoms with E-state index in [1.807, 2.05) is 61.5 Å². The molecule has 0 heterocycles. The third kappa shape index (κ3) is 7.67. The van der Waals surface area contributed by atoms with Gasteiger partial charge in [0.2, 0.25) is 0 Å². The molecule has 7 heteroatoms. The fourth-order valence-corrected chi connectivity index (χ4v) is 3.86. The van der Waals surface area contributed by atoms with Crippen LogP contribution in [-0.4, -0.2) is 36.1 Å². The maximum atomic E-state index is 13.5. The highest BCUT2D eigenvalue weighted by molar-refractivity contribution is 5.97.